The van der Waals surface area contributed by atoms with Crippen LogP contribution in [0.2, 0.25) is 0 Å². The molecule has 4 N–H and O–H groups in total. The van der Waals surface area contributed by atoms with Gasteiger partial charge in [0.05, 0.1) is 44.2 Å². The monoisotopic (exact) mass is 747 g/mol. The SMILES string of the molecule is CCCCC[C@H](NC(=O)c1nccs1)C(=O)c1nc2ccccc2s1.NCCCC[C@H](NC(=O)c1cncs1)C(=O)c1nc2ccccc2s1. The number of carbonyl (C=O) groups excluding carboxylic acids is 4. The van der Waals surface area contributed by atoms with Crippen LogP contribution in [0, 0.1) is 0 Å². The third-order valence-electron chi connectivity index (χ3n) is 7.58. The van der Waals surface area contributed by atoms with Crippen molar-refractivity contribution in [1.29, 1.82) is 0 Å². The van der Waals surface area contributed by atoms with Crippen molar-refractivity contribution in [2.45, 2.75) is 64.0 Å². The molecule has 0 unspecified atom stereocenters. The molecule has 4 aromatic heterocycles. The van der Waals surface area contributed by atoms with Crippen LogP contribution in [-0.2, 0) is 0 Å². The standard InChI is InChI=1S/C18H19N3O2S2.C17H18N4O2S2/c1-2-3-4-8-13(20-16(23)18-19-10-11-24-18)15(22)17-21-12-7-5-6-9-14(12)25-17;18-8-4-3-6-12(20-16(23)14-9-19-10-24-14)15(22)17-21-11-5-1-2-7-13(11)25-17/h5-7,9-11,13H,2-4,8H2,1H3,(H,20,23);1-2,5,7,9-10,12H,3-4,6,8,18H2,(H,20,23)/t13-;12-/m00/s1. The normalized spacial score (nSPS) is 12.2. The zero-order valence-corrected chi connectivity index (χ0v) is 30.6. The number of para-hydroxylation sites is 2. The summed E-state index contributed by atoms with van der Waals surface area (Å²) < 4.78 is 1.93. The lowest BCUT2D eigenvalue weighted by Gasteiger charge is -2.15. The average molecular weight is 748 g/mol. The number of nitrogens with one attached hydrogen (secondary N) is 2. The van der Waals surface area contributed by atoms with Crippen LogP contribution in [0.3, 0.4) is 0 Å². The van der Waals surface area contributed by atoms with E-state index in [2.05, 4.69) is 37.5 Å². The van der Waals surface area contributed by atoms with Crippen molar-refractivity contribution in [3.05, 3.63) is 91.7 Å². The minimum atomic E-state index is -0.610. The van der Waals surface area contributed by atoms with E-state index in [1.165, 1.54) is 51.5 Å². The third kappa shape index (κ3) is 9.91. The zero-order chi connectivity index (χ0) is 35.3. The molecule has 0 aliphatic rings. The number of carbonyl (C=O) groups is 4. The number of unbranched alkanes of at least 4 members (excludes halogenated alkanes) is 3. The molecule has 0 saturated carbocycles. The number of thiazole rings is 4. The number of hydrogen-bond acceptors (Lipinski definition) is 13. The lowest BCUT2D eigenvalue weighted by atomic mass is 10.0. The minimum Gasteiger partial charge on any atom is -0.341 e. The van der Waals surface area contributed by atoms with Gasteiger partial charge in [-0.3, -0.25) is 24.2 Å². The quantitative estimate of drug-likeness (QED) is 0.0686. The van der Waals surface area contributed by atoms with Crippen LogP contribution in [0.5, 0.6) is 0 Å². The summed E-state index contributed by atoms with van der Waals surface area (Å²) in [6.45, 7) is 2.67. The summed E-state index contributed by atoms with van der Waals surface area (Å²) in [7, 11) is 0. The van der Waals surface area contributed by atoms with Crippen LogP contribution in [-0.4, -0.2) is 61.9 Å². The van der Waals surface area contributed by atoms with E-state index in [-0.39, 0.29) is 23.4 Å². The van der Waals surface area contributed by atoms with E-state index < -0.39 is 12.1 Å². The summed E-state index contributed by atoms with van der Waals surface area (Å²) >= 11 is 5.23. The van der Waals surface area contributed by atoms with Gasteiger partial charge in [-0.05, 0) is 56.5 Å². The fourth-order valence-electron chi connectivity index (χ4n) is 5.00. The molecule has 0 fully saturated rings. The highest BCUT2D eigenvalue weighted by Crippen LogP contribution is 2.25. The van der Waals surface area contributed by atoms with Crippen molar-refractivity contribution in [2.24, 2.45) is 5.73 Å². The van der Waals surface area contributed by atoms with Gasteiger partial charge in [0.25, 0.3) is 11.8 Å². The van der Waals surface area contributed by atoms with Gasteiger partial charge in [-0.25, -0.2) is 15.0 Å². The number of rotatable bonds is 16. The molecule has 260 valence electrons. The molecule has 6 aromatic rings. The Kier molecular flexibility index (Phi) is 13.8. The molecule has 15 heteroatoms. The highest BCUT2D eigenvalue weighted by atomic mass is 32.1. The fraction of sp³-hybridized carbons (Fsp3) is 0.314. The van der Waals surface area contributed by atoms with Gasteiger partial charge in [0.1, 0.15) is 4.88 Å². The van der Waals surface area contributed by atoms with Crippen molar-refractivity contribution >= 4 is 89.2 Å². The number of benzene rings is 2. The van der Waals surface area contributed by atoms with Crippen molar-refractivity contribution in [3.8, 4) is 0 Å². The summed E-state index contributed by atoms with van der Waals surface area (Å²) in [5.74, 6) is -0.862. The number of amides is 2. The summed E-state index contributed by atoms with van der Waals surface area (Å²) in [6.07, 6.45) is 8.77. The summed E-state index contributed by atoms with van der Waals surface area (Å²) in [5.41, 5.74) is 8.74. The molecule has 0 bridgehead atoms. The highest BCUT2D eigenvalue weighted by Gasteiger charge is 2.27. The predicted octanol–water partition coefficient (Wildman–Crippen LogP) is 7.18. The van der Waals surface area contributed by atoms with Crippen LogP contribution in [0.25, 0.3) is 20.4 Å². The van der Waals surface area contributed by atoms with E-state index in [0.29, 0.717) is 39.3 Å². The first-order chi connectivity index (χ1) is 24.4. The maximum Gasteiger partial charge on any atom is 0.280 e. The molecule has 0 radical (unpaired) electrons. The number of Topliss-reactive ketones (excluding diaryl/α,β-unsaturated/α-hetero) is 2. The zero-order valence-electron chi connectivity index (χ0n) is 27.4. The van der Waals surface area contributed by atoms with E-state index in [9.17, 15) is 19.2 Å². The molecular weight excluding hydrogens is 711 g/mol. The predicted molar refractivity (Wildman–Crippen MR) is 202 cm³/mol. The van der Waals surface area contributed by atoms with Gasteiger partial charge in [-0.15, -0.1) is 45.3 Å². The first-order valence-electron chi connectivity index (χ1n) is 16.3. The van der Waals surface area contributed by atoms with E-state index in [0.717, 1.165) is 52.5 Å². The van der Waals surface area contributed by atoms with Gasteiger partial charge in [0, 0.05) is 11.6 Å². The molecule has 11 nitrogen and oxygen atoms in total. The average Bonchev–Trinajstić information content (AvgIpc) is 3.97. The lowest BCUT2D eigenvalue weighted by Crippen LogP contribution is -2.40. The topological polar surface area (TPSA) is 170 Å². The Bertz CT molecular complexity index is 1800. The Morgan fingerprint density at radius 1 is 0.740 bits per heavy atom. The van der Waals surface area contributed by atoms with E-state index >= 15 is 0 Å². The second kappa shape index (κ2) is 18.6. The highest BCUT2D eigenvalue weighted by molar-refractivity contribution is 7.20. The van der Waals surface area contributed by atoms with Gasteiger partial charge in [-0.1, -0.05) is 50.5 Å². The van der Waals surface area contributed by atoms with Gasteiger partial charge < -0.3 is 16.4 Å². The Morgan fingerprint density at radius 3 is 1.82 bits per heavy atom. The molecule has 2 aromatic carbocycles. The molecule has 0 spiro atoms. The summed E-state index contributed by atoms with van der Waals surface area (Å²) in [6, 6.07) is 14.1. The van der Waals surface area contributed by atoms with E-state index in [1.54, 1.807) is 17.1 Å². The molecule has 6 rings (SSSR count). The van der Waals surface area contributed by atoms with Crippen LogP contribution < -0.4 is 16.4 Å². The smallest absolute Gasteiger partial charge is 0.280 e. The number of ketones is 2. The van der Waals surface area contributed by atoms with Crippen LogP contribution in [0.15, 0.2) is 71.8 Å². The van der Waals surface area contributed by atoms with Gasteiger partial charge in [0.15, 0.2) is 15.0 Å². The van der Waals surface area contributed by atoms with Crippen LogP contribution in [0.1, 0.15) is 90.9 Å². The summed E-state index contributed by atoms with van der Waals surface area (Å²) in [5, 5.41) is 8.66. The largest absolute Gasteiger partial charge is 0.341 e. The minimum absolute atomic E-state index is 0.123. The van der Waals surface area contributed by atoms with E-state index in [1.807, 2.05) is 48.5 Å². The molecule has 2 atom stereocenters. The molecule has 0 aliphatic carbocycles. The molecular formula is C35H37N7O4S4. The Morgan fingerprint density at radius 2 is 1.32 bits per heavy atom. The first kappa shape index (κ1) is 37.0. The molecule has 2 amide bonds. The van der Waals surface area contributed by atoms with Crippen molar-refractivity contribution < 1.29 is 19.2 Å². The number of aromatic nitrogens is 4. The van der Waals surface area contributed by atoms with Crippen molar-refractivity contribution in [2.75, 3.05) is 6.54 Å². The first-order valence-corrected chi connectivity index (χ1v) is 19.7. The molecule has 0 aliphatic heterocycles. The van der Waals surface area contributed by atoms with Crippen LogP contribution >= 0.6 is 45.3 Å². The fourth-order valence-corrected chi connectivity index (χ4v) is 7.98. The molecule has 50 heavy (non-hydrogen) atoms. The number of fused-ring (bicyclic) bond motifs is 2. The second-order valence-electron chi connectivity index (χ2n) is 11.2. The van der Waals surface area contributed by atoms with Crippen molar-refractivity contribution in [1.82, 2.24) is 30.6 Å². The maximum absolute atomic E-state index is 12.9. The molecule has 4 heterocycles. The Balaban J connectivity index is 0.000000194. The third-order valence-corrected chi connectivity index (χ3v) is 11.2. The van der Waals surface area contributed by atoms with Gasteiger partial charge in [-0.2, -0.15) is 0 Å². The lowest BCUT2D eigenvalue weighted by molar-refractivity contribution is 0.0851. The molecule has 0 saturated heterocycles. The van der Waals surface area contributed by atoms with Crippen molar-refractivity contribution in [3.63, 3.8) is 0 Å². The Hall–Kier alpha value is -4.28. The number of nitrogens with two attached hydrogens (primary N) is 1. The van der Waals surface area contributed by atoms with Gasteiger partial charge >= 0.3 is 0 Å². The van der Waals surface area contributed by atoms with Crippen LogP contribution in [0.4, 0.5) is 0 Å². The Labute approximate surface area is 305 Å². The summed E-state index contributed by atoms with van der Waals surface area (Å²) in [4.78, 5) is 67.7. The van der Waals surface area contributed by atoms with Gasteiger partial charge in [0.2, 0.25) is 11.6 Å². The second-order valence-corrected chi connectivity index (χ2v) is 15.1. The number of nitrogens with zero attached hydrogens (tertiary/aromatic N) is 4. The maximum atomic E-state index is 12.9. The van der Waals surface area contributed by atoms with E-state index in [4.69, 9.17) is 5.73 Å². The number of hydrogen-bond donors (Lipinski definition) is 3.